The molecule has 0 amide bonds. The van der Waals surface area contributed by atoms with Crippen LogP contribution in [0.15, 0.2) is 42.5 Å². The zero-order valence-electron chi connectivity index (χ0n) is 15.3. The molecule has 26 heavy (non-hydrogen) atoms. The third kappa shape index (κ3) is 4.61. The van der Waals surface area contributed by atoms with E-state index in [0.29, 0.717) is 6.04 Å². The standard InChI is InChI=1S/C16H14F2O.C6H13N/c1-10-8-11-4-2-3-5-13(11)16(10)19-15-7-6-12(17)9-14(15)18;7-6-4-2-1-3-5-6/h2-7,9-10,16H,8H2,1H3;6H,1-5,7H2/t10-,16?;/m1./s1. The molecule has 1 saturated carbocycles. The summed E-state index contributed by atoms with van der Waals surface area (Å²) < 4.78 is 32.3. The molecule has 140 valence electrons. The van der Waals surface area contributed by atoms with Crippen LogP contribution in [0.4, 0.5) is 8.78 Å². The van der Waals surface area contributed by atoms with Crippen molar-refractivity contribution >= 4 is 0 Å². The second-order valence-corrected chi connectivity index (χ2v) is 7.39. The average molecular weight is 359 g/mol. The monoisotopic (exact) mass is 359 g/mol. The first kappa shape index (κ1) is 18.8. The molecule has 0 saturated heterocycles. The molecule has 2 aromatic carbocycles. The Morgan fingerprint density at radius 3 is 2.38 bits per heavy atom. The maximum absolute atomic E-state index is 13.6. The van der Waals surface area contributed by atoms with E-state index in [1.54, 1.807) is 0 Å². The van der Waals surface area contributed by atoms with Gasteiger partial charge < -0.3 is 10.5 Å². The minimum absolute atomic E-state index is 0.106. The van der Waals surface area contributed by atoms with E-state index in [4.69, 9.17) is 10.5 Å². The van der Waals surface area contributed by atoms with Crippen molar-refractivity contribution in [2.45, 2.75) is 57.6 Å². The Morgan fingerprint density at radius 2 is 1.73 bits per heavy atom. The van der Waals surface area contributed by atoms with Crippen LogP contribution in [0.2, 0.25) is 0 Å². The van der Waals surface area contributed by atoms with Crippen LogP contribution in [-0.2, 0) is 6.42 Å². The molecule has 0 heterocycles. The van der Waals surface area contributed by atoms with Gasteiger partial charge in [-0.1, -0.05) is 50.5 Å². The molecule has 4 heteroatoms. The first-order chi connectivity index (χ1) is 12.5. The molecule has 0 aromatic heterocycles. The van der Waals surface area contributed by atoms with Crippen molar-refractivity contribution in [3.05, 3.63) is 65.2 Å². The molecule has 2 aromatic rings. The van der Waals surface area contributed by atoms with Crippen LogP contribution in [0.5, 0.6) is 5.75 Å². The molecule has 4 rings (SSSR count). The van der Waals surface area contributed by atoms with Crippen LogP contribution in [0, 0.1) is 17.6 Å². The van der Waals surface area contributed by atoms with Gasteiger partial charge in [-0.15, -0.1) is 0 Å². The third-order valence-electron chi connectivity index (χ3n) is 5.22. The van der Waals surface area contributed by atoms with Crippen LogP contribution in [-0.4, -0.2) is 6.04 Å². The highest BCUT2D eigenvalue weighted by Gasteiger charge is 2.31. The highest BCUT2D eigenvalue weighted by Crippen LogP contribution is 2.39. The highest BCUT2D eigenvalue weighted by molar-refractivity contribution is 5.36. The van der Waals surface area contributed by atoms with Crippen molar-refractivity contribution in [1.82, 2.24) is 0 Å². The molecule has 0 aliphatic heterocycles. The first-order valence-electron chi connectivity index (χ1n) is 9.49. The molecule has 1 fully saturated rings. The lowest BCUT2D eigenvalue weighted by Gasteiger charge is -2.19. The van der Waals surface area contributed by atoms with E-state index >= 15 is 0 Å². The summed E-state index contributed by atoms with van der Waals surface area (Å²) >= 11 is 0. The number of rotatable bonds is 2. The van der Waals surface area contributed by atoms with Gasteiger partial charge in [-0.25, -0.2) is 8.78 Å². The van der Waals surface area contributed by atoms with Crippen molar-refractivity contribution in [3.8, 4) is 5.75 Å². The third-order valence-corrected chi connectivity index (χ3v) is 5.22. The fraction of sp³-hybridized carbons (Fsp3) is 0.455. The summed E-state index contributed by atoms with van der Waals surface area (Å²) in [5.74, 6) is -0.863. The Balaban J connectivity index is 0.000000236. The van der Waals surface area contributed by atoms with Crippen LogP contribution >= 0.6 is 0 Å². The Labute approximate surface area is 154 Å². The number of benzene rings is 2. The van der Waals surface area contributed by atoms with Gasteiger partial charge in [0.25, 0.3) is 0 Å². The molecule has 2 aliphatic rings. The van der Waals surface area contributed by atoms with E-state index in [-0.39, 0.29) is 17.8 Å². The van der Waals surface area contributed by atoms with Gasteiger partial charge in [-0.2, -0.15) is 0 Å². The van der Waals surface area contributed by atoms with E-state index in [2.05, 4.69) is 13.0 Å². The highest BCUT2D eigenvalue weighted by atomic mass is 19.1. The van der Waals surface area contributed by atoms with Gasteiger partial charge in [0.1, 0.15) is 11.9 Å². The van der Waals surface area contributed by atoms with Crippen LogP contribution in [0.25, 0.3) is 0 Å². The second-order valence-electron chi connectivity index (χ2n) is 7.39. The van der Waals surface area contributed by atoms with Crippen LogP contribution in [0.3, 0.4) is 0 Å². The Bertz CT molecular complexity index is 728. The fourth-order valence-corrected chi connectivity index (χ4v) is 3.78. The van der Waals surface area contributed by atoms with Gasteiger partial charge in [0, 0.05) is 18.0 Å². The van der Waals surface area contributed by atoms with Gasteiger partial charge in [-0.05, 0) is 42.5 Å². The maximum atomic E-state index is 13.6. The average Bonchev–Trinajstić information content (AvgIpc) is 2.94. The predicted octanol–water partition coefficient (Wildman–Crippen LogP) is 5.55. The van der Waals surface area contributed by atoms with E-state index in [1.807, 2.05) is 18.2 Å². The van der Waals surface area contributed by atoms with Crippen molar-refractivity contribution in [2.75, 3.05) is 0 Å². The van der Waals surface area contributed by atoms with Gasteiger partial charge in [0.2, 0.25) is 0 Å². The number of fused-ring (bicyclic) bond motifs is 1. The lowest BCUT2D eigenvalue weighted by Crippen LogP contribution is -2.22. The van der Waals surface area contributed by atoms with Crippen molar-refractivity contribution < 1.29 is 13.5 Å². The van der Waals surface area contributed by atoms with E-state index < -0.39 is 11.6 Å². The van der Waals surface area contributed by atoms with E-state index in [0.717, 1.165) is 18.1 Å². The minimum atomic E-state index is -0.656. The lowest BCUT2D eigenvalue weighted by molar-refractivity contribution is 0.152. The molecule has 2 nitrogen and oxygen atoms in total. The Morgan fingerprint density at radius 1 is 1.00 bits per heavy atom. The number of hydrogen-bond donors (Lipinski definition) is 1. The Kier molecular flexibility index (Phi) is 6.25. The molecule has 0 bridgehead atoms. The van der Waals surface area contributed by atoms with E-state index in [9.17, 15) is 8.78 Å². The zero-order chi connectivity index (χ0) is 18.5. The van der Waals surface area contributed by atoms with Crippen LogP contribution < -0.4 is 10.5 Å². The first-order valence-corrected chi connectivity index (χ1v) is 9.49. The molecular weight excluding hydrogens is 332 g/mol. The van der Waals surface area contributed by atoms with Gasteiger partial charge in [-0.3, -0.25) is 0 Å². The molecule has 2 N–H and O–H groups in total. The van der Waals surface area contributed by atoms with Gasteiger partial charge in [0.05, 0.1) is 0 Å². The number of halogens is 2. The summed E-state index contributed by atoms with van der Waals surface area (Å²) in [7, 11) is 0. The van der Waals surface area contributed by atoms with Crippen molar-refractivity contribution in [1.29, 1.82) is 0 Å². The Hall–Kier alpha value is -1.94. The molecule has 2 aliphatic carbocycles. The second kappa shape index (κ2) is 8.63. The summed E-state index contributed by atoms with van der Waals surface area (Å²) in [4.78, 5) is 0. The zero-order valence-corrected chi connectivity index (χ0v) is 15.3. The van der Waals surface area contributed by atoms with Crippen LogP contribution in [0.1, 0.15) is 56.3 Å². The summed E-state index contributed by atoms with van der Waals surface area (Å²) in [5.41, 5.74) is 7.97. The fourth-order valence-electron chi connectivity index (χ4n) is 3.78. The molecular formula is C22H27F2NO. The van der Waals surface area contributed by atoms with Crippen molar-refractivity contribution in [2.24, 2.45) is 11.7 Å². The molecule has 2 atom stereocenters. The minimum Gasteiger partial charge on any atom is -0.482 e. The topological polar surface area (TPSA) is 35.2 Å². The summed E-state index contributed by atoms with van der Waals surface area (Å²) in [6.45, 7) is 2.08. The maximum Gasteiger partial charge on any atom is 0.168 e. The molecule has 0 radical (unpaired) electrons. The van der Waals surface area contributed by atoms with E-state index in [1.165, 1.54) is 49.8 Å². The smallest absolute Gasteiger partial charge is 0.168 e. The normalized spacial score (nSPS) is 22.3. The van der Waals surface area contributed by atoms with Gasteiger partial charge >= 0.3 is 0 Å². The largest absolute Gasteiger partial charge is 0.482 e. The number of hydrogen-bond acceptors (Lipinski definition) is 2. The number of nitrogens with two attached hydrogens (primary N) is 1. The summed E-state index contributed by atoms with van der Waals surface area (Å²) in [6.07, 6.45) is 7.41. The SMILES string of the molecule is C[C@@H]1Cc2ccccc2C1Oc1ccc(F)cc1F.NC1CCCCC1. The lowest BCUT2D eigenvalue weighted by atomic mass is 9.97. The van der Waals surface area contributed by atoms with Crippen molar-refractivity contribution in [3.63, 3.8) is 0 Å². The summed E-state index contributed by atoms with van der Waals surface area (Å²) in [5, 5.41) is 0. The van der Waals surface area contributed by atoms with Gasteiger partial charge in [0.15, 0.2) is 11.6 Å². The summed E-state index contributed by atoms with van der Waals surface area (Å²) in [6, 6.07) is 12.0. The molecule has 1 unspecified atom stereocenters. The molecule has 0 spiro atoms. The quantitative estimate of drug-likeness (QED) is 0.762. The number of ether oxygens (including phenoxy) is 1. The predicted molar refractivity (Wildman–Crippen MR) is 100 cm³/mol.